The highest BCUT2D eigenvalue weighted by molar-refractivity contribution is 5.77. The average Bonchev–Trinajstić information content (AvgIpc) is 2.99. The van der Waals surface area contributed by atoms with Gasteiger partial charge < -0.3 is 10.2 Å². The fraction of sp³-hybridized carbons (Fsp3) is 0.909. The molecule has 3 nitrogen and oxygen atoms in total. The van der Waals surface area contributed by atoms with Gasteiger partial charge in [-0.25, -0.2) is 0 Å². The van der Waals surface area contributed by atoms with E-state index in [4.69, 9.17) is 0 Å². The van der Waals surface area contributed by atoms with Gasteiger partial charge in [-0.05, 0) is 37.5 Å². The summed E-state index contributed by atoms with van der Waals surface area (Å²) in [6.07, 6.45) is 5.46. The molecule has 3 heteroatoms. The third-order valence-corrected chi connectivity index (χ3v) is 3.25. The smallest absolute Gasteiger partial charge is 0.236 e. The molecule has 0 atom stereocenters. The van der Waals surface area contributed by atoms with Crippen LogP contribution in [0.1, 0.15) is 25.7 Å². The van der Waals surface area contributed by atoms with Gasteiger partial charge >= 0.3 is 0 Å². The number of hydrogen-bond acceptors (Lipinski definition) is 2. The number of nitrogens with one attached hydrogen (secondary N) is 1. The van der Waals surface area contributed by atoms with E-state index in [2.05, 4.69) is 5.32 Å². The Balaban J connectivity index is 1.74. The van der Waals surface area contributed by atoms with Crippen LogP contribution in [0.2, 0.25) is 0 Å². The van der Waals surface area contributed by atoms with E-state index in [-0.39, 0.29) is 5.91 Å². The van der Waals surface area contributed by atoms with Crippen LogP contribution >= 0.6 is 0 Å². The Morgan fingerprint density at radius 1 is 1.29 bits per heavy atom. The van der Waals surface area contributed by atoms with Crippen molar-refractivity contribution in [1.82, 2.24) is 10.2 Å². The first-order valence-electron chi connectivity index (χ1n) is 5.62. The van der Waals surface area contributed by atoms with Gasteiger partial charge in [0.25, 0.3) is 0 Å². The molecular weight excluding hydrogens is 176 g/mol. The van der Waals surface area contributed by atoms with E-state index in [0.29, 0.717) is 12.6 Å². The fourth-order valence-corrected chi connectivity index (χ4v) is 1.99. The van der Waals surface area contributed by atoms with E-state index in [1.807, 2.05) is 14.1 Å². The molecule has 0 unspecified atom stereocenters. The molecule has 0 spiro atoms. The SMILES string of the molecule is CN(C)C(=O)CNC(C1CC1)C1CC1. The molecular formula is C11H20N2O. The van der Waals surface area contributed by atoms with Crippen molar-refractivity contribution in [1.29, 1.82) is 0 Å². The lowest BCUT2D eigenvalue weighted by Crippen LogP contribution is -2.40. The molecule has 14 heavy (non-hydrogen) atoms. The van der Waals surface area contributed by atoms with Gasteiger partial charge in [0.05, 0.1) is 6.54 Å². The first kappa shape index (κ1) is 9.97. The van der Waals surface area contributed by atoms with Crippen molar-refractivity contribution in [2.45, 2.75) is 31.7 Å². The molecule has 2 fully saturated rings. The van der Waals surface area contributed by atoms with Crippen LogP contribution in [0.5, 0.6) is 0 Å². The number of amides is 1. The summed E-state index contributed by atoms with van der Waals surface area (Å²) < 4.78 is 0. The molecule has 2 aliphatic rings. The van der Waals surface area contributed by atoms with Gasteiger partial charge in [-0.3, -0.25) is 4.79 Å². The maximum atomic E-state index is 11.4. The number of rotatable bonds is 5. The van der Waals surface area contributed by atoms with Crippen LogP contribution in [0.25, 0.3) is 0 Å². The summed E-state index contributed by atoms with van der Waals surface area (Å²) in [6.45, 7) is 0.519. The predicted octanol–water partition coefficient (Wildman–Crippen LogP) is 0.853. The molecule has 0 aliphatic heterocycles. The van der Waals surface area contributed by atoms with Crippen LogP contribution in [0.15, 0.2) is 0 Å². The van der Waals surface area contributed by atoms with E-state index >= 15 is 0 Å². The summed E-state index contributed by atoms with van der Waals surface area (Å²) in [4.78, 5) is 13.1. The van der Waals surface area contributed by atoms with Crippen molar-refractivity contribution in [3.05, 3.63) is 0 Å². The lowest BCUT2D eigenvalue weighted by Gasteiger charge is -2.18. The van der Waals surface area contributed by atoms with Crippen molar-refractivity contribution in [2.75, 3.05) is 20.6 Å². The molecule has 80 valence electrons. The quantitative estimate of drug-likeness (QED) is 0.707. The molecule has 0 bridgehead atoms. The standard InChI is InChI=1S/C11H20N2O/c1-13(2)10(14)7-12-11(8-3-4-8)9-5-6-9/h8-9,11-12H,3-7H2,1-2H3. The number of carbonyl (C=O) groups is 1. The van der Waals surface area contributed by atoms with Gasteiger partial charge in [-0.15, -0.1) is 0 Å². The molecule has 0 heterocycles. The molecule has 1 amide bonds. The lowest BCUT2D eigenvalue weighted by atomic mass is 10.1. The fourth-order valence-electron chi connectivity index (χ4n) is 1.99. The van der Waals surface area contributed by atoms with E-state index in [1.165, 1.54) is 25.7 Å². The summed E-state index contributed by atoms with van der Waals surface area (Å²) in [7, 11) is 3.63. The minimum Gasteiger partial charge on any atom is -0.348 e. The minimum atomic E-state index is 0.191. The highest BCUT2D eigenvalue weighted by Gasteiger charge is 2.41. The van der Waals surface area contributed by atoms with E-state index in [9.17, 15) is 4.79 Å². The highest BCUT2D eigenvalue weighted by Crippen LogP contribution is 2.44. The van der Waals surface area contributed by atoms with Gasteiger partial charge in [0, 0.05) is 20.1 Å². The van der Waals surface area contributed by atoms with Crippen molar-refractivity contribution in [2.24, 2.45) is 11.8 Å². The molecule has 0 aromatic carbocycles. The molecule has 2 rings (SSSR count). The van der Waals surface area contributed by atoms with E-state index in [1.54, 1.807) is 4.90 Å². The Hall–Kier alpha value is -0.570. The monoisotopic (exact) mass is 196 g/mol. The van der Waals surface area contributed by atoms with Crippen molar-refractivity contribution in [3.63, 3.8) is 0 Å². The van der Waals surface area contributed by atoms with Crippen molar-refractivity contribution < 1.29 is 4.79 Å². The van der Waals surface area contributed by atoms with Crippen LogP contribution in [0.3, 0.4) is 0 Å². The number of carbonyl (C=O) groups excluding carboxylic acids is 1. The normalized spacial score (nSPS) is 21.4. The molecule has 0 aromatic rings. The van der Waals surface area contributed by atoms with Crippen LogP contribution in [-0.2, 0) is 4.79 Å². The summed E-state index contributed by atoms with van der Waals surface area (Å²) >= 11 is 0. The maximum absolute atomic E-state index is 11.4. The third kappa shape index (κ3) is 2.47. The zero-order valence-corrected chi connectivity index (χ0v) is 9.12. The van der Waals surface area contributed by atoms with E-state index < -0.39 is 0 Å². The second-order valence-corrected chi connectivity index (χ2v) is 4.87. The molecule has 1 N–H and O–H groups in total. The van der Waals surface area contributed by atoms with Crippen molar-refractivity contribution >= 4 is 5.91 Å². The molecule has 0 aromatic heterocycles. The summed E-state index contributed by atoms with van der Waals surface area (Å²) in [5, 5.41) is 3.43. The first-order valence-corrected chi connectivity index (χ1v) is 5.62. The number of likely N-dealkylation sites (N-methyl/N-ethyl adjacent to an activating group) is 1. The van der Waals surface area contributed by atoms with Crippen LogP contribution in [0.4, 0.5) is 0 Å². The maximum Gasteiger partial charge on any atom is 0.236 e. The summed E-state index contributed by atoms with van der Waals surface area (Å²) in [5.41, 5.74) is 0. The van der Waals surface area contributed by atoms with Gasteiger partial charge in [0.15, 0.2) is 0 Å². The Labute approximate surface area is 85.8 Å². The Kier molecular flexibility index (Phi) is 2.77. The first-order chi connectivity index (χ1) is 6.68. The number of nitrogens with zero attached hydrogens (tertiary/aromatic N) is 1. The second-order valence-electron chi connectivity index (χ2n) is 4.87. The van der Waals surface area contributed by atoms with Crippen LogP contribution < -0.4 is 5.32 Å². The summed E-state index contributed by atoms with van der Waals surface area (Å²) in [5.74, 6) is 1.94. The van der Waals surface area contributed by atoms with Crippen LogP contribution in [0, 0.1) is 11.8 Å². The topological polar surface area (TPSA) is 32.3 Å². The largest absolute Gasteiger partial charge is 0.348 e. The van der Waals surface area contributed by atoms with Crippen LogP contribution in [-0.4, -0.2) is 37.5 Å². The van der Waals surface area contributed by atoms with Gasteiger partial charge in [0.2, 0.25) is 5.91 Å². The molecule has 0 saturated heterocycles. The zero-order chi connectivity index (χ0) is 10.1. The van der Waals surface area contributed by atoms with E-state index in [0.717, 1.165) is 11.8 Å². The van der Waals surface area contributed by atoms with Crippen molar-refractivity contribution in [3.8, 4) is 0 Å². The second kappa shape index (κ2) is 3.89. The zero-order valence-electron chi connectivity index (χ0n) is 9.12. The molecule has 2 saturated carbocycles. The summed E-state index contributed by atoms with van der Waals surface area (Å²) in [6, 6.07) is 0.638. The minimum absolute atomic E-state index is 0.191. The molecule has 0 radical (unpaired) electrons. The Morgan fingerprint density at radius 3 is 2.14 bits per heavy atom. The average molecular weight is 196 g/mol. The van der Waals surface area contributed by atoms with Gasteiger partial charge in [-0.2, -0.15) is 0 Å². The number of hydrogen-bond donors (Lipinski definition) is 1. The third-order valence-electron chi connectivity index (χ3n) is 3.25. The lowest BCUT2D eigenvalue weighted by molar-refractivity contribution is -0.127. The predicted molar refractivity (Wildman–Crippen MR) is 55.9 cm³/mol. The Bertz CT molecular complexity index is 207. The highest BCUT2D eigenvalue weighted by atomic mass is 16.2. The Morgan fingerprint density at radius 2 is 1.79 bits per heavy atom. The van der Waals surface area contributed by atoms with Gasteiger partial charge in [0.1, 0.15) is 0 Å². The van der Waals surface area contributed by atoms with Gasteiger partial charge in [-0.1, -0.05) is 0 Å². The molecule has 2 aliphatic carbocycles.